The Balaban J connectivity index is 1.54. The van der Waals surface area contributed by atoms with Crippen LogP contribution in [0.25, 0.3) is 0 Å². The summed E-state index contributed by atoms with van der Waals surface area (Å²) in [6.45, 7) is 4.80. The minimum Gasteiger partial charge on any atom is -0.379 e. The van der Waals surface area contributed by atoms with Gasteiger partial charge in [-0.15, -0.1) is 0 Å². The third kappa shape index (κ3) is 3.68. The van der Waals surface area contributed by atoms with Gasteiger partial charge >= 0.3 is 6.03 Å². The molecule has 29 heavy (non-hydrogen) atoms. The average molecular weight is 401 g/mol. The molecule has 1 aromatic rings. The van der Waals surface area contributed by atoms with Crippen molar-refractivity contribution in [1.29, 1.82) is 0 Å². The summed E-state index contributed by atoms with van der Waals surface area (Å²) in [6, 6.07) is 5.03. The maximum absolute atomic E-state index is 13.2. The predicted octanol–water partition coefficient (Wildman–Crippen LogP) is 0.719. The summed E-state index contributed by atoms with van der Waals surface area (Å²) in [4.78, 5) is 41.5. The summed E-state index contributed by atoms with van der Waals surface area (Å²) in [7, 11) is 1.65. The minimum absolute atomic E-state index is 0.0351. The van der Waals surface area contributed by atoms with Crippen molar-refractivity contribution in [3.63, 3.8) is 0 Å². The van der Waals surface area contributed by atoms with Crippen LogP contribution in [0.4, 0.5) is 10.5 Å². The van der Waals surface area contributed by atoms with E-state index in [1.54, 1.807) is 24.1 Å². The molecular formula is C19H23N5O5. The van der Waals surface area contributed by atoms with Gasteiger partial charge in [0.1, 0.15) is 0 Å². The van der Waals surface area contributed by atoms with Crippen LogP contribution in [-0.2, 0) is 9.53 Å². The van der Waals surface area contributed by atoms with Gasteiger partial charge in [0.25, 0.3) is 11.6 Å². The van der Waals surface area contributed by atoms with Crippen molar-refractivity contribution < 1.29 is 19.2 Å². The number of morpholine rings is 1. The van der Waals surface area contributed by atoms with E-state index < -0.39 is 11.0 Å². The number of carbonyl (C=O) groups is 2. The van der Waals surface area contributed by atoms with E-state index in [1.165, 1.54) is 17.0 Å². The predicted molar refractivity (Wildman–Crippen MR) is 103 cm³/mol. The Hall–Kier alpha value is -2.98. The summed E-state index contributed by atoms with van der Waals surface area (Å²) in [5.41, 5.74) is 1.83. The molecule has 1 saturated heterocycles. The van der Waals surface area contributed by atoms with E-state index in [9.17, 15) is 19.7 Å². The van der Waals surface area contributed by atoms with Crippen molar-refractivity contribution >= 4 is 17.6 Å². The first-order valence-corrected chi connectivity index (χ1v) is 9.56. The van der Waals surface area contributed by atoms with E-state index in [0.717, 1.165) is 19.6 Å². The number of nitrogens with one attached hydrogen (secondary N) is 1. The second-order valence-electron chi connectivity index (χ2n) is 7.33. The molecule has 1 aromatic carbocycles. The average Bonchev–Trinajstić information content (AvgIpc) is 3.07. The second-order valence-corrected chi connectivity index (χ2v) is 7.33. The molecule has 0 aliphatic carbocycles. The molecule has 4 rings (SSSR count). The maximum atomic E-state index is 13.2. The van der Waals surface area contributed by atoms with Crippen molar-refractivity contribution in [2.75, 3.05) is 53.0 Å². The molecule has 3 amide bonds. The SMILES string of the molecule is CN1C(=O)N[C@H](c2ccc([N+](=O)[O-])cc2)C2=C1CN(CCN1CCOCC1)C2=O. The van der Waals surface area contributed by atoms with E-state index in [-0.39, 0.29) is 17.6 Å². The van der Waals surface area contributed by atoms with Gasteiger partial charge < -0.3 is 15.0 Å². The molecule has 0 aromatic heterocycles. The fourth-order valence-corrected chi connectivity index (χ4v) is 3.93. The smallest absolute Gasteiger partial charge is 0.322 e. The van der Waals surface area contributed by atoms with Crippen molar-refractivity contribution in [2.24, 2.45) is 0 Å². The monoisotopic (exact) mass is 401 g/mol. The quantitative estimate of drug-likeness (QED) is 0.575. The Labute approximate surface area is 167 Å². The number of rotatable bonds is 5. The van der Waals surface area contributed by atoms with Crippen molar-refractivity contribution in [3.8, 4) is 0 Å². The molecule has 1 atom stereocenters. The van der Waals surface area contributed by atoms with Gasteiger partial charge in [-0.1, -0.05) is 0 Å². The normalized spacial score (nSPS) is 22.7. The van der Waals surface area contributed by atoms with Crippen LogP contribution >= 0.6 is 0 Å². The number of ether oxygens (including phenoxy) is 1. The Kier molecular flexibility index (Phi) is 5.20. The third-order valence-corrected chi connectivity index (χ3v) is 5.66. The molecule has 10 heteroatoms. The van der Waals surface area contributed by atoms with Gasteiger partial charge in [0.05, 0.1) is 42.0 Å². The first kappa shape index (κ1) is 19.3. The van der Waals surface area contributed by atoms with E-state index in [4.69, 9.17) is 4.74 Å². The van der Waals surface area contributed by atoms with Crippen LogP contribution in [-0.4, -0.2) is 84.5 Å². The zero-order valence-corrected chi connectivity index (χ0v) is 16.2. The number of hydrogen-bond donors (Lipinski definition) is 1. The summed E-state index contributed by atoms with van der Waals surface area (Å²) >= 11 is 0. The summed E-state index contributed by atoms with van der Waals surface area (Å²) < 4.78 is 5.36. The molecule has 154 valence electrons. The molecular weight excluding hydrogens is 378 g/mol. The second kappa shape index (κ2) is 7.80. The van der Waals surface area contributed by atoms with Crippen LogP contribution in [0.1, 0.15) is 11.6 Å². The van der Waals surface area contributed by atoms with Gasteiger partial charge in [0.15, 0.2) is 0 Å². The van der Waals surface area contributed by atoms with Crippen LogP contribution in [0, 0.1) is 10.1 Å². The number of benzene rings is 1. The van der Waals surface area contributed by atoms with E-state index in [0.29, 0.717) is 43.1 Å². The summed E-state index contributed by atoms with van der Waals surface area (Å²) in [6.07, 6.45) is 0. The number of nitrogens with zero attached hydrogens (tertiary/aromatic N) is 4. The van der Waals surface area contributed by atoms with Crippen LogP contribution in [0.5, 0.6) is 0 Å². The van der Waals surface area contributed by atoms with E-state index >= 15 is 0 Å². The van der Waals surface area contributed by atoms with Gasteiger partial charge in [-0.25, -0.2) is 4.79 Å². The first-order chi connectivity index (χ1) is 14.0. The molecule has 0 bridgehead atoms. The highest BCUT2D eigenvalue weighted by molar-refractivity contribution is 6.01. The highest BCUT2D eigenvalue weighted by Gasteiger charge is 2.42. The zero-order chi connectivity index (χ0) is 20.5. The Bertz CT molecular complexity index is 862. The number of nitro benzene ring substituents is 1. The summed E-state index contributed by atoms with van der Waals surface area (Å²) in [5.74, 6) is -0.108. The van der Waals surface area contributed by atoms with Crippen LogP contribution in [0.15, 0.2) is 35.5 Å². The fraction of sp³-hybridized carbons (Fsp3) is 0.474. The molecule has 3 heterocycles. The van der Waals surface area contributed by atoms with Crippen molar-refractivity contribution in [1.82, 2.24) is 20.0 Å². The van der Waals surface area contributed by atoms with Gasteiger partial charge in [0.2, 0.25) is 0 Å². The van der Waals surface area contributed by atoms with Gasteiger partial charge in [0, 0.05) is 45.4 Å². The number of hydrogen-bond acceptors (Lipinski definition) is 6. The van der Waals surface area contributed by atoms with Gasteiger partial charge in [-0.05, 0) is 17.7 Å². The van der Waals surface area contributed by atoms with Crippen LogP contribution < -0.4 is 5.32 Å². The number of nitro groups is 1. The largest absolute Gasteiger partial charge is 0.379 e. The minimum atomic E-state index is -0.615. The Morgan fingerprint density at radius 3 is 2.52 bits per heavy atom. The van der Waals surface area contributed by atoms with Crippen molar-refractivity contribution in [2.45, 2.75) is 6.04 Å². The molecule has 3 aliphatic heterocycles. The highest BCUT2D eigenvalue weighted by atomic mass is 16.6. The number of carbonyl (C=O) groups excluding carboxylic acids is 2. The molecule has 0 saturated carbocycles. The fourth-order valence-electron chi connectivity index (χ4n) is 3.93. The van der Waals surface area contributed by atoms with Gasteiger partial charge in [-0.2, -0.15) is 0 Å². The van der Waals surface area contributed by atoms with Crippen molar-refractivity contribution in [3.05, 3.63) is 51.2 Å². The molecule has 3 aliphatic rings. The summed E-state index contributed by atoms with van der Waals surface area (Å²) in [5, 5.41) is 13.8. The number of amides is 3. The Morgan fingerprint density at radius 1 is 1.17 bits per heavy atom. The lowest BCUT2D eigenvalue weighted by Gasteiger charge is -2.31. The third-order valence-electron chi connectivity index (χ3n) is 5.66. The van der Waals surface area contributed by atoms with Crippen LogP contribution in [0.2, 0.25) is 0 Å². The lowest BCUT2D eigenvalue weighted by molar-refractivity contribution is -0.384. The standard InChI is InChI=1S/C19H23N5O5/c1-21-15-12-23(7-6-22-8-10-29-11-9-22)18(25)16(15)17(20-19(21)26)13-2-4-14(5-3-13)24(27)28/h2-5,17H,6-12H2,1H3,(H,20,26)/t17-/m1/s1. The number of likely N-dealkylation sites (N-methyl/N-ethyl adjacent to an activating group) is 1. The Morgan fingerprint density at radius 2 is 1.86 bits per heavy atom. The highest BCUT2D eigenvalue weighted by Crippen LogP contribution is 2.36. The lowest BCUT2D eigenvalue weighted by Crippen LogP contribution is -2.45. The lowest BCUT2D eigenvalue weighted by atomic mass is 9.95. The number of non-ortho nitro benzene ring substituents is 1. The zero-order valence-electron chi connectivity index (χ0n) is 16.2. The topological polar surface area (TPSA) is 108 Å². The maximum Gasteiger partial charge on any atom is 0.322 e. The number of urea groups is 1. The van der Waals surface area contributed by atoms with Crippen LogP contribution in [0.3, 0.4) is 0 Å². The molecule has 1 N–H and O–H groups in total. The molecule has 0 spiro atoms. The first-order valence-electron chi connectivity index (χ1n) is 9.56. The molecule has 0 unspecified atom stereocenters. The van der Waals surface area contributed by atoms with Gasteiger partial charge in [-0.3, -0.25) is 24.7 Å². The molecule has 10 nitrogen and oxygen atoms in total. The molecule has 1 fully saturated rings. The van der Waals surface area contributed by atoms with E-state index in [2.05, 4.69) is 10.2 Å². The van der Waals surface area contributed by atoms with E-state index in [1.807, 2.05) is 0 Å². The molecule has 0 radical (unpaired) electrons.